The lowest BCUT2D eigenvalue weighted by Crippen LogP contribution is -2.45. The van der Waals surface area contributed by atoms with Gasteiger partial charge in [0.05, 0.1) is 0 Å². The van der Waals surface area contributed by atoms with Crippen molar-refractivity contribution in [2.45, 2.75) is 33.2 Å². The van der Waals surface area contributed by atoms with Crippen molar-refractivity contribution in [3.8, 4) is 0 Å². The zero-order valence-electron chi connectivity index (χ0n) is 15.4. The Morgan fingerprint density at radius 2 is 1.48 bits per heavy atom. The third-order valence-corrected chi connectivity index (χ3v) is 5.27. The molecule has 0 radical (unpaired) electrons. The number of piperazine rings is 1. The van der Waals surface area contributed by atoms with Crippen LogP contribution in [0.5, 0.6) is 0 Å². The van der Waals surface area contributed by atoms with Gasteiger partial charge in [0, 0.05) is 38.4 Å². The lowest BCUT2D eigenvalue weighted by atomic mass is 9.98. The highest BCUT2D eigenvalue weighted by atomic mass is 19.1. The molecule has 1 saturated heterocycles. The Balaban J connectivity index is 1.49. The van der Waals surface area contributed by atoms with Gasteiger partial charge in [0.25, 0.3) is 0 Å². The molecule has 134 valence electrons. The zero-order chi connectivity index (χ0) is 17.6. The average Bonchev–Trinajstić information content (AvgIpc) is 2.64. The van der Waals surface area contributed by atoms with Crippen molar-refractivity contribution in [2.75, 3.05) is 31.1 Å². The zero-order valence-corrected chi connectivity index (χ0v) is 15.4. The van der Waals surface area contributed by atoms with E-state index in [0.717, 1.165) is 44.3 Å². The van der Waals surface area contributed by atoms with Crippen LogP contribution in [0.2, 0.25) is 0 Å². The van der Waals surface area contributed by atoms with Gasteiger partial charge in [-0.1, -0.05) is 44.5 Å². The number of benzene rings is 2. The van der Waals surface area contributed by atoms with E-state index < -0.39 is 0 Å². The maximum absolute atomic E-state index is 13.0. The highest BCUT2D eigenvalue weighted by Gasteiger charge is 2.17. The number of halogens is 1. The van der Waals surface area contributed by atoms with Gasteiger partial charge in [-0.2, -0.15) is 0 Å². The highest BCUT2D eigenvalue weighted by Crippen LogP contribution is 2.18. The van der Waals surface area contributed by atoms with Crippen molar-refractivity contribution >= 4 is 5.69 Å². The molecule has 25 heavy (non-hydrogen) atoms. The number of anilines is 1. The average molecular weight is 340 g/mol. The monoisotopic (exact) mass is 340 g/mol. The molecule has 0 N–H and O–H groups in total. The van der Waals surface area contributed by atoms with E-state index in [0.29, 0.717) is 0 Å². The predicted octanol–water partition coefficient (Wildman–Crippen LogP) is 4.74. The van der Waals surface area contributed by atoms with Crippen LogP contribution in [-0.2, 0) is 13.0 Å². The Kier molecular flexibility index (Phi) is 6.09. The van der Waals surface area contributed by atoms with Crippen LogP contribution in [0.3, 0.4) is 0 Å². The lowest BCUT2D eigenvalue weighted by Gasteiger charge is -2.36. The standard InChI is InChI=1S/C22H29FN2/c1-3-18(2)16-19-4-6-20(7-5-19)17-24-12-14-25(15-13-24)22-10-8-21(23)9-11-22/h4-11,18H,3,12-17H2,1-2H3. The molecular formula is C22H29FN2. The Morgan fingerprint density at radius 1 is 0.880 bits per heavy atom. The van der Waals surface area contributed by atoms with Crippen molar-refractivity contribution in [3.63, 3.8) is 0 Å². The molecule has 2 aromatic rings. The number of hydrogen-bond acceptors (Lipinski definition) is 2. The van der Waals surface area contributed by atoms with Crippen LogP contribution >= 0.6 is 0 Å². The largest absolute Gasteiger partial charge is 0.369 e. The molecule has 1 unspecified atom stereocenters. The Morgan fingerprint density at radius 3 is 2.08 bits per heavy atom. The van der Waals surface area contributed by atoms with E-state index >= 15 is 0 Å². The van der Waals surface area contributed by atoms with Gasteiger partial charge in [-0.3, -0.25) is 4.90 Å². The fourth-order valence-corrected chi connectivity index (χ4v) is 3.40. The van der Waals surface area contributed by atoms with Crippen molar-refractivity contribution in [3.05, 3.63) is 65.5 Å². The summed E-state index contributed by atoms with van der Waals surface area (Å²) in [6.45, 7) is 9.67. The lowest BCUT2D eigenvalue weighted by molar-refractivity contribution is 0.250. The van der Waals surface area contributed by atoms with Crippen molar-refractivity contribution in [1.29, 1.82) is 0 Å². The molecule has 0 saturated carbocycles. The number of nitrogens with zero attached hydrogens (tertiary/aromatic N) is 2. The summed E-state index contributed by atoms with van der Waals surface area (Å²) >= 11 is 0. The van der Waals surface area contributed by atoms with Crippen LogP contribution in [0.25, 0.3) is 0 Å². The SMILES string of the molecule is CCC(C)Cc1ccc(CN2CCN(c3ccc(F)cc3)CC2)cc1. The van der Waals surface area contributed by atoms with Gasteiger partial charge in [-0.15, -0.1) is 0 Å². The highest BCUT2D eigenvalue weighted by molar-refractivity contribution is 5.46. The summed E-state index contributed by atoms with van der Waals surface area (Å²) < 4.78 is 13.0. The van der Waals surface area contributed by atoms with E-state index in [4.69, 9.17) is 0 Å². The van der Waals surface area contributed by atoms with Gasteiger partial charge in [-0.05, 0) is 47.7 Å². The summed E-state index contributed by atoms with van der Waals surface area (Å²) in [4.78, 5) is 4.84. The second-order valence-electron chi connectivity index (χ2n) is 7.27. The van der Waals surface area contributed by atoms with Crippen molar-refractivity contribution in [1.82, 2.24) is 4.90 Å². The molecule has 1 aliphatic rings. The molecule has 1 atom stereocenters. The maximum atomic E-state index is 13.0. The Bertz CT molecular complexity index is 643. The van der Waals surface area contributed by atoms with Crippen LogP contribution in [-0.4, -0.2) is 31.1 Å². The first-order valence-corrected chi connectivity index (χ1v) is 9.44. The maximum Gasteiger partial charge on any atom is 0.123 e. The first kappa shape index (κ1) is 17.9. The second kappa shape index (κ2) is 8.48. The van der Waals surface area contributed by atoms with Crippen LogP contribution < -0.4 is 4.90 Å². The van der Waals surface area contributed by atoms with Crippen LogP contribution in [0.4, 0.5) is 10.1 Å². The summed E-state index contributed by atoms with van der Waals surface area (Å²) in [5.41, 5.74) is 3.96. The minimum Gasteiger partial charge on any atom is -0.369 e. The van der Waals surface area contributed by atoms with Crippen molar-refractivity contribution < 1.29 is 4.39 Å². The summed E-state index contributed by atoms with van der Waals surface area (Å²) in [7, 11) is 0. The first-order valence-electron chi connectivity index (χ1n) is 9.44. The fourth-order valence-electron chi connectivity index (χ4n) is 3.40. The predicted molar refractivity (Wildman–Crippen MR) is 103 cm³/mol. The van der Waals surface area contributed by atoms with E-state index in [1.807, 2.05) is 12.1 Å². The summed E-state index contributed by atoms with van der Waals surface area (Å²) in [5.74, 6) is 0.588. The van der Waals surface area contributed by atoms with Crippen LogP contribution in [0, 0.1) is 11.7 Å². The molecule has 0 amide bonds. The van der Waals surface area contributed by atoms with E-state index in [1.54, 1.807) is 12.1 Å². The fraction of sp³-hybridized carbons (Fsp3) is 0.455. The molecule has 0 aliphatic carbocycles. The van der Waals surface area contributed by atoms with Gasteiger partial charge in [0.2, 0.25) is 0 Å². The van der Waals surface area contributed by atoms with Gasteiger partial charge < -0.3 is 4.90 Å². The summed E-state index contributed by atoms with van der Waals surface area (Å²) in [6.07, 6.45) is 2.41. The third-order valence-electron chi connectivity index (χ3n) is 5.27. The molecule has 1 fully saturated rings. The molecule has 1 aliphatic heterocycles. The molecule has 3 rings (SSSR count). The van der Waals surface area contributed by atoms with Gasteiger partial charge in [-0.25, -0.2) is 4.39 Å². The quantitative estimate of drug-likeness (QED) is 0.750. The molecule has 2 aromatic carbocycles. The van der Waals surface area contributed by atoms with E-state index in [1.165, 1.54) is 24.0 Å². The van der Waals surface area contributed by atoms with E-state index in [9.17, 15) is 4.39 Å². The number of hydrogen-bond donors (Lipinski definition) is 0. The summed E-state index contributed by atoms with van der Waals surface area (Å²) in [5, 5.41) is 0. The molecule has 3 heteroatoms. The summed E-state index contributed by atoms with van der Waals surface area (Å²) in [6, 6.07) is 16.0. The number of rotatable bonds is 6. The van der Waals surface area contributed by atoms with E-state index in [-0.39, 0.29) is 5.82 Å². The first-order chi connectivity index (χ1) is 12.1. The molecule has 0 aromatic heterocycles. The molecule has 2 nitrogen and oxygen atoms in total. The van der Waals surface area contributed by atoms with Gasteiger partial charge in [0.15, 0.2) is 0 Å². The molecule has 0 bridgehead atoms. The van der Waals surface area contributed by atoms with Crippen molar-refractivity contribution in [2.24, 2.45) is 5.92 Å². The minimum absolute atomic E-state index is 0.167. The molecule has 0 spiro atoms. The topological polar surface area (TPSA) is 6.48 Å². The smallest absolute Gasteiger partial charge is 0.123 e. The van der Waals surface area contributed by atoms with Crippen LogP contribution in [0.1, 0.15) is 31.4 Å². The van der Waals surface area contributed by atoms with Gasteiger partial charge in [0.1, 0.15) is 5.82 Å². The molecule has 1 heterocycles. The minimum atomic E-state index is -0.167. The van der Waals surface area contributed by atoms with Gasteiger partial charge >= 0.3 is 0 Å². The normalized spacial score (nSPS) is 16.8. The third kappa shape index (κ3) is 5.05. The van der Waals surface area contributed by atoms with E-state index in [2.05, 4.69) is 47.9 Å². The molecular weight excluding hydrogens is 311 g/mol. The Hall–Kier alpha value is -1.87. The Labute approximate surface area is 151 Å². The van der Waals surface area contributed by atoms with Crippen LogP contribution in [0.15, 0.2) is 48.5 Å². The second-order valence-corrected chi connectivity index (χ2v) is 7.27.